The van der Waals surface area contributed by atoms with Gasteiger partial charge in [0.2, 0.25) is 9.70 Å². The topological polar surface area (TPSA) is 121 Å². The van der Waals surface area contributed by atoms with E-state index in [0.717, 1.165) is 0 Å². The maximum Gasteiger partial charge on any atom is 0.326 e. The van der Waals surface area contributed by atoms with Crippen molar-refractivity contribution in [2.45, 2.75) is 18.9 Å². The molecule has 1 unspecified atom stereocenters. The van der Waals surface area contributed by atoms with Crippen molar-refractivity contribution in [1.29, 1.82) is 0 Å². The second-order valence-corrected chi connectivity index (χ2v) is 5.52. The summed E-state index contributed by atoms with van der Waals surface area (Å²) in [5.41, 5.74) is 0. The van der Waals surface area contributed by atoms with Crippen LogP contribution in [-0.2, 0) is 19.2 Å². The summed E-state index contributed by atoms with van der Waals surface area (Å²) in [5.74, 6) is -2.57. The van der Waals surface area contributed by atoms with Gasteiger partial charge in [0, 0.05) is 34.8 Å². The largest absolute Gasteiger partial charge is 0.481 e. The molecule has 0 spiro atoms. The Labute approximate surface area is 121 Å². The molecule has 1 atom stereocenters. The van der Waals surface area contributed by atoms with Gasteiger partial charge in [-0.25, -0.2) is 4.79 Å². The number of hydrogen-bond donors (Lipinski definition) is 3. The smallest absolute Gasteiger partial charge is 0.326 e. The van der Waals surface area contributed by atoms with Gasteiger partial charge < -0.3 is 15.5 Å². The van der Waals surface area contributed by atoms with Crippen molar-refractivity contribution in [2.24, 2.45) is 0 Å². The highest BCUT2D eigenvalue weighted by molar-refractivity contribution is 14.1. The van der Waals surface area contributed by atoms with E-state index in [1.54, 1.807) is 22.6 Å². The van der Waals surface area contributed by atoms with E-state index in [2.05, 4.69) is 5.32 Å². The molecular formula is C9H12INO6S. The molecule has 7 nitrogen and oxygen atoms in total. The van der Waals surface area contributed by atoms with Crippen LogP contribution in [0.1, 0.15) is 12.8 Å². The van der Waals surface area contributed by atoms with E-state index < -0.39 is 30.3 Å². The molecule has 0 radical (unpaired) electrons. The Morgan fingerprint density at radius 1 is 1.22 bits per heavy atom. The zero-order valence-electron chi connectivity index (χ0n) is 9.22. The van der Waals surface area contributed by atoms with Crippen molar-refractivity contribution in [2.75, 3.05) is 11.5 Å². The minimum atomic E-state index is -1.42. The number of amides is 1. The fraction of sp³-hybridized carbons (Fsp3) is 0.556. The van der Waals surface area contributed by atoms with Gasteiger partial charge in [-0.1, -0.05) is 0 Å². The van der Waals surface area contributed by atoms with Gasteiger partial charge in [0.1, 0.15) is 6.04 Å². The normalized spacial score (nSPS) is 11.6. The number of carbonyl (C=O) groups is 4. The Bertz CT molecular complexity index is 348. The number of aliphatic carboxylic acids is 2. The molecule has 0 aliphatic rings. The number of rotatable bonds is 9. The molecule has 0 saturated carbocycles. The number of carbonyl (C=O) groups excluding carboxylic acids is 2. The third-order valence-electron chi connectivity index (χ3n) is 1.70. The zero-order chi connectivity index (χ0) is 14.1. The zero-order valence-corrected chi connectivity index (χ0v) is 12.2. The second kappa shape index (κ2) is 9.14. The lowest BCUT2D eigenvalue weighted by Crippen LogP contribution is -2.42. The van der Waals surface area contributed by atoms with Crippen LogP contribution in [0.2, 0.25) is 0 Å². The molecule has 102 valence electrons. The van der Waals surface area contributed by atoms with E-state index in [-0.39, 0.29) is 16.0 Å². The van der Waals surface area contributed by atoms with Crippen molar-refractivity contribution < 1.29 is 29.4 Å². The van der Waals surface area contributed by atoms with Crippen LogP contribution in [-0.4, -0.2) is 49.4 Å². The summed E-state index contributed by atoms with van der Waals surface area (Å²) in [5, 5.41) is 19.3. The fourth-order valence-corrected chi connectivity index (χ4v) is 2.25. The third-order valence-corrected chi connectivity index (χ3v) is 3.56. The molecule has 3 N–H and O–H groups in total. The van der Waals surface area contributed by atoms with Crippen molar-refractivity contribution in [3.63, 3.8) is 0 Å². The van der Waals surface area contributed by atoms with Crippen LogP contribution in [0.5, 0.6) is 0 Å². The van der Waals surface area contributed by atoms with Crippen LogP contribution >= 0.6 is 34.4 Å². The van der Waals surface area contributed by atoms with E-state index in [0.29, 0.717) is 5.75 Å². The average Bonchev–Trinajstić information content (AvgIpc) is 2.22. The molecule has 0 fully saturated rings. The van der Waals surface area contributed by atoms with Gasteiger partial charge in [0.15, 0.2) is 0 Å². The van der Waals surface area contributed by atoms with E-state index in [1.165, 1.54) is 11.8 Å². The average molecular weight is 389 g/mol. The predicted octanol–water partition coefficient (Wildman–Crippen LogP) is 0.115. The van der Waals surface area contributed by atoms with Crippen molar-refractivity contribution in [1.82, 2.24) is 5.32 Å². The quantitative estimate of drug-likeness (QED) is 0.291. The minimum absolute atomic E-state index is 0.0349. The predicted molar refractivity (Wildman–Crippen MR) is 72.8 cm³/mol. The van der Waals surface area contributed by atoms with Crippen molar-refractivity contribution in [3.8, 4) is 0 Å². The van der Waals surface area contributed by atoms with Crippen molar-refractivity contribution >= 4 is 56.0 Å². The van der Waals surface area contributed by atoms with Crippen LogP contribution < -0.4 is 5.32 Å². The van der Waals surface area contributed by atoms with E-state index in [1.807, 2.05) is 0 Å². The molecule has 0 heterocycles. The first-order valence-electron chi connectivity index (χ1n) is 4.83. The maximum atomic E-state index is 11.3. The molecule has 0 aliphatic carbocycles. The number of halogens is 1. The van der Waals surface area contributed by atoms with E-state index in [4.69, 9.17) is 10.2 Å². The molecular weight excluding hydrogens is 377 g/mol. The van der Waals surface area contributed by atoms with Crippen molar-refractivity contribution in [3.05, 3.63) is 0 Å². The van der Waals surface area contributed by atoms with Gasteiger partial charge >= 0.3 is 11.9 Å². The molecule has 0 aromatic rings. The summed E-state index contributed by atoms with van der Waals surface area (Å²) in [4.78, 5) is 43.0. The number of carboxylic acids is 2. The SMILES string of the molecule is O=C(O)CC(NC(=O)CCSCC(=O)I)C(=O)O. The maximum absolute atomic E-state index is 11.3. The highest BCUT2D eigenvalue weighted by Crippen LogP contribution is 2.05. The number of nitrogens with one attached hydrogen (secondary N) is 1. The van der Waals surface area contributed by atoms with Crippen LogP contribution in [0.3, 0.4) is 0 Å². The Morgan fingerprint density at radius 2 is 1.83 bits per heavy atom. The minimum Gasteiger partial charge on any atom is -0.481 e. The lowest BCUT2D eigenvalue weighted by atomic mass is 10.2. The molecule has 0 aromatic carbocycles. The monoisotopic (exact) mass is 389 g/mol. The first-order chi connectivity index (χ1) is 8.32. The molecule has 18 heavy (non-hydrogen) atoms. The fourth-order valence-electron chi connectivity index (χ4n) is 0.958. The Morgan fingerprint density at radius 3 is 2.28 bits per heavy atom. The number of hydrogen-bond acceptors (Lipinski definition) is 5. The summed E-state index contributed by atoms with van der Waals surface area (Å²) in [6, 6.07) is -1.42. The molecule has 0 bridgehead atoms. The molecule has 0 aliphatic heterocycles. The van der Waals surface area contributed by atoms with Crippen LogP contribution in [0, 0.1) is 0 Å². The Kier molecular flexibility index (Phi) is 8.71. The molecule has 0 rings (SSSR count). The van der Waals surface area contributed by atoms with Gasteiger partial charge in [-0.3, -0.25) is 14.4 Å². The summed E-state index contributed by atoms with van der Waals surface area (Å²) < 4.78 is -0.0349. The lowest BCUT2D eigenvalue weighted by Gasteiger charge is -2.11. The Hall–Kier alpha value is -0.840. The highest BCUT2D eigenvalue weighted by Gasteiger charge is 2.22. The van der Waals surface area contributed by atoms with Crippen LogP contribution in [0.25, 0.3) is 0 Å². The standard InChI is InChI=1S/C9H12INO6S/c10-6(12)4-18-2-1-7(13)11-5(9(16)17)3-8(14)15/h5H,1-4H2,(H,11,13)(H,14,15)(H,16,17). The first-order valence-corrected chi connectivity index (χ1v) is 7.06. The van der Waals surface area contributed by atoms with Gasteiger partial charge in [-0.2, -0.15) is 11.8 Å². The Balaban J connectivity index is 3.99. The van der Waals surface area contributed by atoms with Crippen LogP contribution in [0.15, 0.2) is 0 Å². The third kappa shape index (κ3) is 9.22. The van der Waals surface area contributed by atoms with E-state index in [9.17, 15) is 19.2 Å². The summed E-state index contributed by atoms with van der Waals surface area (Å²) in [7, 11) is 0. The van der Waals surface area contributed by atoms with Gasteiger partial charge in [-0.05, 0) is 0 Å². The summed E-state index contributed by atoms with van der Waals surface area (Å²) in [6.45, 7) is 0. The van der Waals surface area contributed by atoms with Crippen LogP contribution in [0.4, 0.5) is 0 Å². The van der Waals surface area contributed by atoms with E-state index >= 15 is 0 Å². The van der Waals surface area contributed by atoms with Gasteiger partial charge in [0.05, 0.1) is 12.2 Å². The highest BCUT2D eigenvalue weighted by atomic mass is 127. The molecule has 0 saturated heterocycles. The summed E-state index contributed by atoms with van der Waals surface area (Å²) in [6.07, 6.45) is -0.627. The lowest BCUT2D eigenvalue weighted by molar-refractivity contribution is -0.147. The molecule has 1 amide bonds. The number of carboxylic acid groups (broad SMARTS) is 2. The first kappa shape index (κ1) is 17.2. The number of thioether (sulfide) groups is 1. The van der Waals surface area contributed by atoms with Gasteiger partial charge in [-0.15, -0.1) is 0 Å². The summed E-state index contributed by atoms with van der Waals surface area (Å²) >= 11 is 2.90. The molecule has 0 aromatic heterocycles. The molecule has 9 heteroatoms. The van der Waals surface area contributed by atoms with Gasteiger partial charge in [0.25, 0.3) is 0 Å². The second-order valence-electron chi connectivity index (χ2n) is 3.21.